The normalized spacial score (nSPS) is 16.1. The van der Waals surface area contributed by atoms with Gasteiger partial charge in [0.05, 0.1) is 17.7 Å². The fraction of sp³-hybridized carbons (Fsp3) is 0.625. The number of halogens is 1. The summed E-state index contributed by atoms with van der Waals surface area (Å²) in [5, 5.41) is 3.33. The first-order chi connectivity index (χ1) is 9.74. The van der Waals surface area contributed by atoms with E-state index in [-0.39, 0.29) is 0 Å². The lowest BCUT2D eigenvalue weighted by Gasteiger charge is -2.25. The van der Waals surface area contributed by atoms with Crippen molar-refractivity contribution in [2.24, 2.45) is 0 Å². The van der Waals surface area contributed by atoms with E-state index in [1.165, 1.54) is 24.8 Å². The maximum Gasteiger partial charge on any atom is 0.175 e. The minimum absolute atomic E-state index is 0.327. The van der Waals surface area contributed by atoms with E-state index < -0.39 is 0 Å². The lowest BCUT2D eigenvalue weighted by molar-refractivity contribution is 0.148. The van der Waals surface area contributed by atoms with Gasteiger partial charge in [-0.25, -0.2) is 0 Å². The summed E-state index contributed by atoms with van der Waals surface area (Å²) in [6.07, 6.45) is 6.49. The summed E-state index contributed by atoms with van der Waals surface area (Å²) in [6.45, 7) is 3.91. The van der Waals surface area contributed by atoms with E-state index in [0.29, 0.717) is 6.10 Å². The predicted octanol–water partition coefficient (Wildman–Crippen LogP) is 4.28. The average Bonchev–Trinajstić information content (AvgIpc) is 2.48. The summed E-state index contributed by atoms with van der Waals surface area (Å²) < 4.78 is 12.7. The zero-order valence-electron chi connectivity index (χ0n) is 12.4. The molecule has 1 N–H and O–H groups in total. The Bertz CT molecular complexity index is 431. The van der Waals surface area contributed by atoms with Crippen LogP contribution < -0.4 is 14.8 Å². The Morgan fingerprint density at radius 3 is 2.65 bits per heavy atom. The van der Waals surface area contributed by atoms with Gasteiger partial charge in [0.25, 0.3) is 0 Å². The van der Waals surface area contributed by atoms with Crippen LogP contribution in [0.4, 0.5) is 0 Å². The molecule has 0 aliphatic heterocycles. The Morgan fingerprint density at radius 1 is 1.25 bits per heavy atom. The molecular formula is C16H24BrNO2. The van der Waals surface area contributed by atoms with Crippen molar-refractivity contribution in [2.75, 3.05) is 13.7 Å². The summed E-state index contributed by atoms with van der Waals surface area (Å²) in [4.78, 5) is 0. The van der Waals surface area contributed by atoms with Crippen LogP contribution >= 0.6 is 15.9 Å². The Kier molecular flexibility index (Phi) is 6.17. The van der Waals surface area contributed by atoms with Gasteiger partial charge in [-0.2, -0.15) is 0 Å². The summed E-state index contributed by atoms with van der Waals surface area (Å²) in [6, 6.07) is 4.18. The smallest absolute Gasteiger partial charge is 0.175 e. The number of methoxy groups -OCH3 is 1. The molecule has 0 radical (unpaired) electrons. The van der Waals surface area contributed by atoms with Crippen molar-refractivity contribution in [2.45, 2.75) is 51.7 Å². The van der Waals surface area contributed by atoms with Gasteiger partial charge in [0.2, 0.25) is 0 Å². The van der Waals surface area contributed by atoms with Crippen LogP contribution in [0.3, 0.4) is 0 Å². The van der Waals surface area contributed by atoms with Gasteiger partial charge in [-0.1, -0.05) is 13.3 Å². The highest BCUT2D eigenvalue weighted by Crippen LogP contribution is 2.38. The van der Waals surface area contributed by atoms with Crippen molar-refractivity contribution in [3.63, 3.8) is 0 Å². The van der Waals surface area contributed by atoms with E-state index in [9.17, 15) is 0 Å². The van der Waals surface area contributed by atoms with E-state index >= 15 is 0 Å². The number of nitrogens with one attached hydrogen (secondary N) is 1. The van der Waals surface area contributed by atoms with E-state index in [1.807, 2.05) is 0 Å². The molecule has 0 atom stereocenters. The predicted molar refractivity (Wildman–Crippen MR) is 85.6 cm³/mol. The summed E-state index contributed by atoms with van der Waals surface area (Å²) in [5.41, 5.74) is 1.20. The molecule has 0 heterocycles. The third kappa shape index (κ3) is 4.13. The molecule has 1 aliphatic rings. The molecule has 0 spiro atoms. The van der Waals surface area contributed by atoms with E-state index in [4.69, 9.17) is 9.47 Å². The van der Waals surface area contributed by atoms with Gasteiger partial charge in [-0.3, -0.25) is 0 Å². The van der Waals surface area contributed by atoms with Crippen LogP contribution in [0.15, 0.2) is 16.6 Å². The average molecular weight is 342 g/mol. The molecule has 1 aliphatic carbocycles. The van der Waals surface area contributed by atoms with E-state index in [0.717, 1.165) is 41.9 Å². The molecule has 1 aromatic carbocycles. The first-order valence-corrected chi connectivity index (χ1v) is 8.27. The maximum atomic E-state index is 6.18. The van der Waals surface area contributed by atoms with Crippen LogP contribution in [0.1, 0.15) is 44.6 Å². The van der Waals surface area contributed by atoms with E-state index in [1.54, 1.807) is 7.11 Å². The number of ether oxygens (including phenoxy) is 2. The maximum absolute atomic E-state index is 6.18. The van der Waals surface area contributed by atoms with Crippen LogP contribution in [0.5, 0.6) is 11.5 Å². The molecule has 1 fully saturated rings. The molecule has 0 amide bonds. The van der Waals surface area contributed by atoms with Crippen LogP contribution in [-0.4, -0.2) is 19.8 Å². The molecule has 0 bridgehead atoms. The number of rotatable bonds is 6. The third-order valence-corrected chi connectivity index (χ3v) is 4.29. The Morgan fingerprint density at radius 2 is 2.00 bits per heavy atom. The van der Waals surface area contributed by atoms with Crippen LogP contribution in [-0.2, 0) is 6.54 Å². The van der Waals surface area contributed by atoms with Gasteiger partial charge in [-0.15, -0.1) is 0 Å². The third-order valence-electron chi connectivity index (χ3n) is 3.71. The highest BCUT2D eigenvalue weighted by molar-refractivity contribution is 9.10. The van der Waals surface area contributed by atoms with Crippen LogP contribution in [0, 0.1) is 0 Å². The van der Waals surface area contributed by atoms with Gasteiger partial charge < -0.3 is 14.8 Å². The summed E-state index contributed by atoms with van der Waals surface area (Å²) in [7, 11) is 1.70. The van der Waals surface area contributed by atoms with Crippen molar-refractivity contribution in [3.8, 4) is 11.5 Å². The second-order valence-electron chi connectivity index (χ2n) is 5.27. The highest BCUT2D eigenvalue weighted by atomic mass is 79.9. The standard InChI is InChI=1S/C16H24BrNO2/c1-3-18-11-12-9-14(17)16(15(10-12)19-2)20-13-7-5-4-6-8-13/h9-10,13,18H,3-8,11H2,1-2H3. The summed E-state index contributed by atoms with van der Waals surface area (Å²) >= 11 is 3.62. The topological polar surface area (TPSA) is 30.5 Å². The molecule has 112 valence electrons. The molecule has 4 heteroatoms. The molecule has 0 unspecified atom stereocenters. The number of hydrogen-bond donors (Lipinski definition) is 1. The van der Waals surface area contributed by atoms with Crippen molar-refractivity contribution in [1.82, 2.24) is 5.32 Å². The van der Waals surface area contributed by atoms with Gasteiger partial charge in [0.15, 0.2) is 11.5 Å². The Labute approximate surface area is 130 Å². The fourth-order valence-corrected chi connectivity index (χ4v) is 3.19. The highest BCUT2D eigenvalue weighted by Gasteiger charge is 2.19. The van der Waals surface area contributed by atoms with Crippen molar-refractivity contribution in [1.29, 1.82) is 0 Å². The molecule has 3 nitrogen and oxygen atoms in total. The zero-order chi connectivity index (χ0) is 14.4. The van der Waals surface area contributed by atoms with Gasteiger partial charge in [-0.05, 0) is 65.9 Å². The Balaban J connectivity index is 2.14. The molecule has 0 aromatic heterocycles. The molecular weight excluding hydrogens is 318 g/mol. The van der Waals surface area contributed by atoms with Gasteiger partial charge in [0, 0.05) is 6.54 Å². The second kappa shape index (κ2) is 7.89. The van der Waals surface area contributed by atoms with Crippen LogP contribution in [0.2, 0.25) is 0 Å². The second-order valence-corrected chi connectivity index (χ2v) is 6.12. The molecule has 0 saturated heterocycles. The van der Waals surface area contributed by atoms with Crippen molar-refractivity contribution >= 4 is 15.9 Å². The summed E-state index contributed by atoms with van der Waals surface area (Å²) in [5.74, 6) is 1.66. The lowest BCUT2D eigenvalue weighted by Crippen LogP contribution is -2.20. The molecule has 1 saturated carbocycles. The first kappa shape index (κ1) is 15.6. The van der Waals surface area contributed by atoms with Crippen LogP contribution in [0.25, 0.3) is 0 Å². The monoisotopic (exact) mass is 341 g/mol. The van der Waals surface area contributed by atoms with Gasteiger partial charge >= 0.3 is 0 Å². The minimum Gasteiger partial charge on any atom is -0.493 e. The largest absolute Gasteiger partial charge is 0.493 e. The SMILES string of the molecule is CCNCc1cc(Br)c(OC2CCCCC2)c(OC)c1. The molecule has 20 heavy (non-hydrogen) atoms. The van der Waals surface area contributed by atoms with Crippen molar-refractivity contribution in [3.05, 3.63) is 22.2 Å². The zero-order valence-corrected chi connectivity index (χ0v) is 14.0. The van der Waals surface area contributed by atoms with Gasteiger partial charge in [0.1, 0.15) is 0 Å². The quantitative estimate of drug-likeness (QED) is 0.837. The minimum atomic E-state index is 0.327. The first-order valence-electron chi connectivity index (χ1n) is 7.48. The van der Waals surface area contributed by atoms with E-state index in [2.05, 4.69) is 40.3 Å². The Hall–Kier alpha value is -0.740. The molecule has 2 rings (SSSR count). The van der Waals surface area contributed by atoms with Crippen molar-refractivity contribution < 1.29 is 9.47 Å². The lowest BCUT2D eigenvalue weighted by atomic mass is 9.98. The number of hydrogen-bond acceptors (Lipinski definition) is 3. The fourth-order valence-electron chi connectivity index (χ4n) is 2.61. The molecule has 1 aromatic rings. The number of benzene rings is 1.